The molecule has 1 saturated carbocycles. The first-order chi connectivity index (χ1) is 12.7. The van der Waals surface area contributed by atoms with Crippen molar-refractivity contribution in [1.29, 1.82) is 0 Å². The molecule has 1 aliphatic carbocycles. The van der Waals surface area contributed by atoms with Gasteiger partial charge in [-0.3, -0.25) is 4.79 Å². The van der Waals surface area contributed by atoms with Crippen LogP contribution < -0.4 is 10.1 Å². The molecule has 1 amide bonds. The molecule has 0 spiro atoms. The lowest BCUT2D eigenvalue weighted by Crippen LogP contribution is -2.52. The second kappa shape index (κ2) is 8.80. The second-order valence-electron chi connectivity index (χ2n) is 6.52. The summed E-state index contributed by atoms with van der Waals surface area (Å²) in [5.74, 6) is 1.70. The molecular formula is C19H25N3O4. The highest BCUT2D eigenvalue weighted by molar-refractivity contribution is 5.76. The molecule has 2 aromatic rings. The van der Waals surface area contributed by atoms with Gasteiger partial charge in [-0.1, -0.05) is 30.3 Å². The Morgan fingerprint density at radius 1 is 1.35 bits per heavy atom. The van der Waals surface area contributed by atoms with Gasteiger partial charge in [-0.15, -0.1) is 0 Å². The van der Waals surface area contributed by atoms with Crippen molar-refractivity contribution in [2.24, 2.45) is 0 Å². The summed E-state index contributed by atoms with van der Waals surface area (Å²) in [5.41, 5.74) is 0. The van der Waals surface area contributed by atoms with Gasteiger partial charge < -0.3 is 19.7 Å². The van der Waals surface area contributed by atoms with Gasteiger partial charge in [0, 0.05) is 19.3 Å². The molecule has 1 fully saturated rings. The number of carbonyl (C=O) groups is 1. The van der Waals surface area contributed by atoms with Crippen LogP contribution in [-0.4, -0.2) is 39.4 Å². The maximum absolute atomic E-state index is 12.2. The monoisotopic (exact) mass is 359 g/mol. The first-order valence-electron chi connectivity index (χ1n) is 9.16. The highest BCUT2D eigenvalue weighted by Crippen LogP contribution is 2.24. The average molecular weight is 359 g/mol. The summed E-state index contributed by atoms with van der Waals surface area (Å²) in [6, 6.07) is 9.13. The van der Waals surface area contributed by atoms with E-state index in [-0.39, 0.29) is 24.5 Å². The van der Waals surface area contributed by atoms with Crippen molar-refractivity contribution in [3.05, 3.63) is 42.0 Å². The third-order valence-electron chi connectivity index (χ3n) is 4.57. The average Bonchev–Trinajstić information content (AvgIpc) is 3.12. The molecule has 0 unspecified atom stereocenters. The molecule has 140 valence electrons. The summed E-state index contributed by atoms with van der Waals surface area (Å²) in [5, 5.41) is 17.3. The summed E-state index contributed by atoms with van der Waals surface area (Å²) in [6.45, 7) is 1.94. The highest BCUT2D eigenvalue weighted by Gasteiger charge is 2.34. The van der Waals surface area contributed by atoms with Crippen LogP contribution in [-0.2, 0) is 17.6 Å². The molecule has 1 heterocycles. The van der Waals surface area contributed by atoms with Gasteiger partial charge in [-0.2, -0.15) is 4.98 Å². The number of carbonyl (C=O) groups excluding carboxylic acids is 1. The van der Waals surface area contributed by atoms with Crippen molar-refractivity contribution in [2.75, 3.05) is 0 Å². The Kier molecular flexibility index (Phi) is 6.22. The SMILES string of the molecule is CCc1noc(CCC(=O)N[C@@H]2CCC[C@@H](Oc3ccccc3)[C@@H]2O)n1. The fourth-order valence-electron chi connectivity index (χ4n) is 3.13. The first-order valence-corrected chi connectivity index (χ1v) is 9.16. The number of aromatic nitrogens is 2. The Hall–Kier alpha value is -2.41. The Morgan fingerprint density at radius 3 is 2.88 bits per heavy atom. The summed E-state index contributed by atoms with van der Waals surface area (Å²) >= 11 is 0. The molecule has 0 aliphatic heterocycles. The van der Waals surface area contributed by atoms with Gasteiger partial charge >= 0.3 is 0 Å². The van der Waals surface area contributed by atoms with E-state index >= 15 is 0 Å². The van der Waals surface area contributed by atoms with E-state index in [0.717, 1.165) is 25.0 Å². The molecule has 3 rings (SSSR count). The van der Waals surface area contributed by atoms with Crippen LogP contribution >= 0.6 is 0 Å². The van der Waals surface area contributed by atoms with Gasteiger partial charge in [0.2, 0.25) is 11.8 Å². The number of rotatable bonds is 7. The van der Waals surface area contributed by atoms with Crippen LogP contribution in [0.15, 0.2) is 34.9 Å². The molecule has 2 N–H and O–H groups in total. The molecule has 3 atom stereocenters. The molecule has 0 saturated heterocycles. The predicted octanol–water partition coefficient (Wildman–Crippen LogP) is 2.04. The number of aliphatic hydroxyl groups excluding tert-OH is 1. The molecule has 1 aromatic heterocycles. The van der Waals surface area contributed by atoms with Crippen molar-refractivity contribution in [3.8, 4) is 5.75 Å². The van der Waals surface area contributed by atoms with E-state index in [2.05, 4.69) is 15.5 Å². The maximum atomic E-state index is 12.2. The van der Waals surface area contributed by atoms with Crippen LogP contribution in [0.25, 0.3) is 0 Å². The normalized spacial score (nSPS) is 22.8. The number of amides is 1. The second-order valence-corrected chi connectivity index (χ2v) is 6.52. The largest absolute Gasteiger partial charge is 0.488 e. The Balaban J connectivity index is 1.49. The van der Waals surface area contributed by atoms with E-state index in [1.54, 1.807) is 0 Å². The lowest BCUT2D eigenvalue weighted by atomic mass is 9.89. The van der Waals surface area contributed by atoms with Crippen LogP contribution in [0.5, 0.6) is 5.75 Å². The minimum absolute atomic E-state index is 0.134. The minimum atomic E-state index is -0.733. The van der Waals surface area contributed by atoms with Gasteiger partial charge in [0.25, 0.3) is 0 Å². The van der Waals surface area contributed by atoms with Crippen molar-refractivity contribution in [2.45, 2.75) is 63.7 Å². The standard InChI is InChI=1S/C19H25N3O4/c1-2-16-21-18(26-22-16)12-11-17(23)20-14-9-6-10-15(19(14)24)25-13-7-4-3-5-8-13/h3-5,7-8,14-15,19,24H,2,6,9-12H2,1H3,(H,20,23)/t14-,15-,19-/m1/s1. The van der Waals surface area contributed by atoms with E-state index in [4.69, 9.17) is 9.26 Å². The van der Waals surface area contributed by atoms with E-state index in [1.165, 1.54) is 0 Å². The van der Waals surface area contributed by atoms with Gasteiger partial charge in [0.1, 0.15) is 18.0 Å². The summed E-state index contributed by atoms with van der Waals surface area (Å²) in [4.78, 5) is 16.4. The van der Waals surface area contributed by atoms with Gasteiger partial charge in [0.05, 0.1) is 6.04 Å². The fourth-order valence-corrected chi connectivity index (χ4v) is 3.13. The van der Waals surface area contributed by atoms with Crippen LogP contribution in [0.3, 0.4) is 0 Å². The third-order valence-corrected chi connectivity index (χ3v) is 4.57. The molecule has 7 heteroatoms. The summed E-state index contributed by atoms with van der Waals surface area (Å²) < 4.78 is 11.0. The predicted molar refractivity (Wildman–Crippen MR) is 94.6 cm³/mol. The number of hydrogen-bond donors (Lipinski definition) is 2. The molecule has 26 heavy (non-hydrogen) atoms. The van der Waals surface area contributed by atoms with Crippen LogP contribution in [0.4, 0.5) is 0 Å². The van der Waals surface area contributed by atoms with Crippen molar-refractivity contribution in [3.63, 3.8) is 0 Å². The van der Waals surface area contributed by atoms with Crippen LogP contribution in [0.2, 0.25) is 0 Å². The fraction of sp³-hybridized carbons (Fsp3) is 0.526. The highest BCUT2D eigenvalue weighted by atomic mass is 16.5. The van der Waals surface area contributed by atoms with Crippen molar-refractivity contribution >= 4 is 5.91 Å². The number of hydrogen-bond acceptors (Lipinski definition) is 6. The Bertz CT molecular complexity index is 704. The number of benzene rings is 1. The van der Waals surface area contributed by atoms with Crippen molar-refractivity contribution in [1.82, 2.24) is 15.5 Å². The number of nitrogens with one attached hydrogen (secondary N) is 1. The first kappa shape index (κ1) is 18.4. The number of aryl methyl sites for hydroxylation is 2. The lowest BCUT2D eigenvalue weighted by Gasteiger charge is -2.35. The number of para-hydroxylation sites is 1. The van der Waals surface area contributed by atoms with Crippen LogP contribution in [0, 0.1) is 0 Å². The minimum Gasteiger partial charge on any atom is -0.488 e. The molecule has 0 radical (unpaired) electrons. The zero-order chi connectivity index (χ0) is 18.4. The van der Waals surface area contributed by atoms with Gasteiger partial charge in [0.15, 0.2) is 5.82 Å². The summed E-state index contributed by atoms with van der Waals surface area (Å²) in [6.07, 6.45) is 2.69. The zero-order valence-corrected chi connectivity index (χ0v) is 14.9. The number of ether oxygens (including phenoxy) is 1. The molecular weight excluding hydrogens is 334 g/mol. The molecule has 0 bridgehead atoms. The van der Waals surface area contributed by atoms with Gasteiger partial charge in [-0.05, 0) is 31.4 Å². The number of aliphatic hydroxyl groups is 1. The van der Waals surface area contributed by atoms with E-state index < -0.39 is 6.10 Å². The maximum Gasteiger partial charge on any atom is 0.227 e. The Labute approximate surface area is 152 Å². The topological polar surface area (TPSA) is 97.5 Å². The van der Waals surface area contributed by atoms with Crippen molar-refractivity contribution < 1.29 is 19.2 Å². The lowest BCUT2D eigenvalue weighted by molar-refractivity contribution is -0.124. The van der Waals surface area contributed by atoms with Crippen LogP contribution in [0.1, 0.15) is 44.3 Å². The van der Waals surface area contributed by atoms with E-state index in [0.29, 0.717) is 24.6 Å². The third kappa shape index (κ3) is 4.82. The van der Waals surface area contributed by atoms with E-state index in [1.807, 2.05) is 37.3 Å². The molecule has 7 nitrogen and oxygen atoms in total. The Morgan fingerprint density at radius 2 is 2.15 bits per heavy atom. The molecule has 1 aliphatic rings. The number of nitrogens with zero attached hydrogens (tertiary/aromatic N) is 2. The molecule has 1 aromatic carbocycles. The smallest absolute Gasteiger partial charge is 0.227 e. The quantitative estimate of drug-likeness (QED) is 0.785. The summed E-state index contributed by atoms with van der Waals surface area (Å²) in [7, 11) is 0. The van der Waals surface area contributed by atoms with E-state index in [9.17, 15) is 9.90 Å². The zero-order valence-electron chi connectivity index (χ0n) is 14.9. The van der Waals surface area contributed by atoms with Gasteiger partial charge in [-0.25, -0.2) is 0 Å².